The Kier molecular flexibility index (Phi) is 3.57. The van der Waals surface area contributed by atoms with Crippen molar-refractivity contribution in [2.75, 3.05) is 11.1 Å². The molecule has 3 aromatic rings. The zero-order valence-electron chi connectivity index (χ0n) is 10.7. The monoisotopic (exact) mass is 321 g/mol. The topological polar surface area (TPSA) is 50.9 Å². The highest BCUT2D eigenvalue weighted by Crippen LogP contribution is 2.33. The predicted octanol–water partition coefficient (Wildman–Crippen LogP) is 5.01. The number of nitrogen functional groups attached to an aromatic ring is 1. The van der Waals surface area contributed by atoms with Gasteiger partial charge in [0, 0.05) is 17.3 Å². The molecule has 0 spiro atoms. The lowest BCUT2D eigenvalue weighted by Gasteiger charge is -2.12. The number of rotatable bonds is 2. The van der Waals surface area contributed by atoms with Gasteiger partial charge in [0.25, 0.3) is 0 Å². The van der Waals surface area contributed by atoms with E-state index in [2.05, 4.69) is 10.3 Å². The van der Waals surface area contributed by atoms with Gasteiger partial charge < -0.3 is 11.1 Å². The Bertz CT molecular complexity index is 813. The second-order valence-corrected chi connectivity index (χ2v) is 5.29. The lowest BCUT2D eigenvalue weighted by atomic mass is 10.1. The molecule has 1 heterocycles. The first-order valence-corrected chi connectivity index (χ1v) is 6.86. The van der Waals surface area contributed by atoms with Gasteiger partial charge in [0.2, 0.25) is 0 Å². The molecule has 0 aliphatic heterocycles. The quantitative estimate of drug-likeness (QED) is 0.515. The minimum atomic E-state index is -0.639. The first-order chi connectivity index (χ1) is 10.1. The summed E-state index contributed by atoms with van der Waals surface area (Å²) in [7, 11) is 0. The van der Waals surface area contributed by atoms with Gasteiger partial charge in [-0.2, -0.15) is 0 Å². The Morgan fingerprint density at radius 2 is 1.81 bits per heavy atom. The van der Waals surface area contributed by atoms with Crippen molar-refractivity contribution in [3.63, 3.8) is 0 Å². The van der Waals surface area contributed by atoms with E-state index in [4.69, 9.17) is 28.9 Å². The second-order valence-electron chi connectivity index (χ2n) is 4.48. The summed E-state index contributed by atoms with van der Waals surface area (Å²) in [5, 5.41) is 3.82. The average molecular weight is 322 g/mol. The van der Waals surface area contributed by atoms with Crippen LogP contribution in [0, 0.1) is 5.82 Å². The molecule has 2 aromatic carbocycles. The van der Waals surface area contributed by atoms with Crippen molar-refractivity contribution in [2.45, 2.75) is 0 Å². The summed E-state index contributed by atoms with van der Waals surface area (Å²) >= 11 is 11.6. The van der Waals surface area contributed by atoms with Gasteiger partial charge >= 0.3 is 0 Å². The molecule has 0 bridgehead atoms. The molecular formula is C15H10Cl2FN3. The van der Waals surface area contributed by atoms with Crippen LogP contribution in [0.5, 0.6) is 0 Å². The third-order valence-electron chi connectivity index (χ3n) is 3.09. The number of nitrogens with zero attached hydrogens (tertiary/aromatic N) is 1. The van der Waals surface area contributed by atoms with E-state index in [1.165, 1.54) is 12.1 Å². The van der Waals surface area contributed by atoms with Gasteiger partial charge in [-0.1, -0.05) is 23.2 Å². The molecule has 6 heteroatoms. The maximum Gasteiger partial charge on any atom is 0.160 e. The molecular weight excluding hydrogens is 312 g/mol. The van der Waals surface area contributed by atoms with Crippen molar-refractivity contribution >= 4 is 51.2 Å². The van der Waals surface area contributed by atoms with Crippen LogP contribution in [0.4, 0.5) is 21.5 Å². The Morgan fingerprint density at radius 1 is 1.10 bits per heavy atom. The number of anilines is 3. The van der Waals surface area contributed by atoms with Crippen LogP contribution in [0.1, 0.15) is 0 Å². The summed E-state index contributed by atoms with van der Waals surface area (Å²) in [4.78, 5) is 4.23. The fourth-order valence-electron chi connectivity index (χ4n) is 2.07. The molecule has 0 aliphatic carbocycles. The molecule has 0 unspecified atom stereocenters. The van der Waals surface area contributed by atoms with Crippen molar-refractivity contribution in [2.24, 2.45) is 0 Å². The van der Waals surface area contributed by atoms with Crippen LogP contribution in [-0.2, 0) is 0 Å². The SMILES string of the molecule is Nc1c(Nc2cc(Cl)c(F)c(Cl)c2)ccc2ncccc12. The maximum absolute atomic E-state index is 13.4. The van der Waals surface area contributed by atoms with E-state index in [0.717, 1.165) is 10.9 Å². The van der Waals surface area contributed by atoms with Gasteiger partial charge in [0.05, 0.1) is 26.9 Å². The molecule has 1 aromatic heterocycles. The summed E-state index contributed by atoms with van der Waals surface area (Å²) in [5.41, 5.74) is 8.72. The highest BCUT2D eigenvalue weighted by molar-refractivity contribution is 6.35. The van der Waals surface area contributed by atoms with Crippen LogP contribution < -0.4 is 11.1 Å². The number of nitrogens with two attached hydrogens (primary N) is 1. The van der Waals surface area contributed by atoms with Crippen LogP contribution in [0.15, 0.2) is 42.6 Å². The molecule has 0 fully saturated rings. The van der Waals surface area contributed by atoms with Crippen LogP contribution in [0.25, 0.3) is 10.9 Å². The van der Waals surface area contributed by atoms with Crippen molar-refractivity contribution < 1.29 is 4.39 Å². The molecule has 3 N–H and O–H groups in total. The molecule has 0 aliphatic rings. The first kappa shape index (κ1) is 13.9. The Hall–Kier alpha value is -2.04. The van der Waals surface area contributed by atoms with E-state index >= 15 is 0 Å². The van der Waals surface area contributed by atoms with Gasteiger partial charge in [-0.15, -0.1) is 0 Å². The van der Waals surface area contributed by atoms with E-state index in [9.17, 15) is 4.39 Å². The van der Waals surface area contributed by atoms with Crippen molar-refractivity contribution in [1.29, 1.82) is 0 Å². The fourth-order valence-corrected chi connectivity index (χ4v) is 2.55. The van der Waals surface area contributed by atoms with E-state index in [0.29, 0.717) is 17.1 Å². The lowest BCUT2D eigenvalue weighted by molar-refractivity contribution is 0.629. The number of aromatic nitrogens is 1. The smallest absolute Gasteiger partial charge is 0.160 e. The summed E-state index contributed by atoms with van der Waals surface area (Å²) in [5.74, 6) is -0.639. The Balaban J connectivity index is 2.04. The molecule has 0 atom stereocenters. The van der Waals surface area contributed by atoms with E-state index in [-0.39, 0.29) is 10.0 Å². The van der Waals surface area contributed by atoms with Gasteiger partial charge in [-0.05, 0) is 36.4 Å². The standard InChI is InChI=1S/C15H10Cl2FN3/c16-10-6-8(7-11(17)14(10)18)21-13-4-3-12-9(15(13)19)2-1-5-20-12/h1-7,21H,19H2. The molecule has 0 saturated carbocycles. The predicted molar refractivity (Wildman–Crippen MR) is 85.9 cm³/mol. The van der Waals surface area contributed by atoms with E-state index in [1.54, 1.807) is 12.3 Å². The Labute approximate surface area is 130 Å². The van der Waals surface area contributed by atoms with Crippen LogP contribution in [0.2, 0.25) is 10.0 Å². The first-order valence-electron chi connectivity index (χ1n) is 6.11. The maximum atomic E-state index is 13.4. The third-order valence-corrected chi connectivity index (χ3v) is 3.64. The molecule has 3 rings (SSSR count). The number of halogens is 3. The van der Waals surface area contributed by atoms with Crippen molar-refractivity contribution in [1.82, 2.24) is 4.98 Å². The number of benzene rings is 2. The zero-order chi connectivity index (χ0) is 15.0. The summed E-state index contributed by atoms with van der Waals surface area (Å²) in [6, 6.07) is 10.3. The minimum absolute atomic E-state index is 0.0500. The third kappa shape index (κ3) is 2.60. The summed E-state index contributed by atoms with van der Waals surface area (Å²) in [6.07, 6.45) is 1.70. The van der Waals surface area contributed by atoms with Crippen LogP contribution in [0.3, 0.4) is 0 Å². The van der Waals surface area contributed by atoms with Gasteiger partial charge in [0.15, 0.2) is 5.82 Å². The molecule has 0 saturated heterocycles. The summed E-state index contributed by atoms with van der Waals surface area (Å²) in [6.45, 7) is 0. The van der Waals surface area contributed by atoms with Crippen molar-refractivity contribution in [3.8, 4) is 0 Å². The zero-order valence-corrected chi connectivity index (χ0v) is 12.2. The number of nitrogens with one attached hydrogen (secondary N) is 1. The molecule has 106 valence electrons. The minimum Gasteiger partial charge on any atom is -0.396 e. The molecule has 3 nitrogen and oxygen atoms in total. The number of hydrogen-bond acceptors (Lipinski definition) is 3. The van der Waals surface area contributed by atoms with E-state index < -0.39 is 5.82 Å². The Morgan fingerprint density at radius 3 is 2.52 bits per heavy atom. The largest absolute Gasteiger partial charge is 0.396 e. The lowest BCUT2D eigenvalue weighted by Crippen LogP contribution is -1.98. The molecule has 0 radical (unpaired) electrons. The van der Waals surface area contributed by atoms with E-state index in [1.807, 2.05) is 18.2 Å². The highest BCUT2D eigenvalue weighted by Gasteiger charge is 2.10. The number of fused-ring (bicyclic) bond motifs is 1. The summed E-state index contributed by atoms with van der Waals surface area (Å²) < 4.78 is 13.4. The van der Waals surface area contributed by atoms with Crippen LogP contribution in [-0.4, -0.2) is 4.98 Å². The van der Waals surface area contributed by atoms with Gasteiger partial charge in [-0.3, -0.25) is 4.98 Å². The highest BCUT2D eigenvalue weighted by atomic mass is 35.5. The van der Waals surface area contributed by atoms with Gasteiger partial charge in [-0.25, -0.2) is 4.39 Å². The normalized spacial score (nSPS) is 10.8. The average Bonchev–Trinajstić information content (AvgIpc) is 2.48. The second kappa shape index (κ2) is 5.39. The number of pyridine rings is 1. The van der Waals surface area contributed by atoms with Crippen LogP contribution >= 0.6 is 23.2 Å². The fraction of sp³-hybridized carbons (Fsp3) is 0. The molecule has 21 heavy (non-hydrogen) atoms. The van der Waals surface area contributed by atoms with Gasteiger partial charge in [0.1, 0.15) is 0 Å². The van der Waals surface area contributed by atoms with Crippen molar-refractivity contribution in [3.05, 3.63) is 58.5 Å². The number of hydrogen-bond donors (Lipinski definition) is 2. The molecule has 0 amide bonds.